The van der Waals surface area contributed by atoms with E-state index in [9.17, 15) is 0 Å². The summed E-state index contributed by atoms with van der Waals surface area (Å²) in [7, 11) is 3.74. The van der Waals surface area contributed by atoms with Crippen molar-refractivity contribution in [1.82, 2.24) is 14.9 Å². The average Bonchev–Trinajstić information content (AvgIpc) is 2.86. The molecule has 1 unspecified atom stereocenters. The maximum atomic E-state index is 5.53. The van der Waals surface area contributed by atoms with Gasteiger partial charge in [0.05, 0.1) is 31.4 Å². The van der Waals surface area contributed by atoms with Crippen LogP contribution < -0.4 is 10.1 Å². The molecule has 1 atom stereocenters. The number of imidazole rings is 1. The summed E-state index contributed by atoms with van der Waals surface area (Å²) in [6.45, 7) is 5.22. The summed E-state index contributed by atoms with van der Waals surface area (Å²) in [4.78, 5) is 4.24. The molecule has 0 aliphatic heterocycles. The number of nitrogens with one attached hydrogen (secondary N) is 1. The normalized spacial score (nSPS) is 12.4. The van der Waals surface area contributed by atoms with Gasteiger partial charge in [-0.05, 0) is 26.0 Å². The lowest BCUT2D eigenvalue weighted by Gasteiger charge is -2.22. The van der Waals surface area contributed by atoms with E-state index in [2.05, 4.69) is 40.8 Å². The van der Waals surface area contributed by atoms with Gasteiger partial charge in [0.25, 0.3) is 0 Å². The van der Waals surface area contributed by atoms with Gasteiger partial charge in [-0.1, -0.05) is 24.6 Å². The van der Waals surface area contributed by atoms with Gasteiger partial charge in [-0.25, -0.2) is 4.98 Å². The monoisotopic (exact) mass is 273 g/mol. The summed E-state index contributed by atoms with van der Waals surface area (Å²) >= 11 is 0. The van der Waals surface area contributed by atoms with Crippen LogP contribution in [0.5, 0.6) is 5.75 Å². The van der Waals surface area contributed by atoms with E-state index in [1.807, 2.05) is 25.6 Å². The number of benzene rings is 1. The Hall–Kier alpha value is -1.81. The van der Waals surface area contributed by atoms with Gasteiger partial charge >= 0.3 is 0 Å². The summed E-state index contributed by atoms with van der Waals surface area (Å²) in [5, 5.41) is 3.59. The van der Waals surface area contributed by atoms with Crippen LogP contribution in [0.15, 0.2) is 30.7 Å². The van der Waals surface area contributed by atoms with Gasteiger partial charge in [0, 0.05) is 12.6 Å². The third-order valence-corrected chi connectivity index (χ3v) is 3.44. The zero-order valence-corrected chi connectivity index (χ0v) is 12.7. The summed E-state index contributed by atoms with van der Waals surface area (Å²) in [6.07, 6.45) is 4.83. The summed E-state index contributed by atoms with van der Waals surface area (Å²) in [5.41, 5.74) is 3.53. The molecule has 1 aromatic heterocycles. The minimum Gasteiger partial charge on any atom is -0.496 e. The molecule has 1 heterocycles. The third kappa shape index (κ3) is 3.02. The summed E-state index contributed by atoms with van der Waals surface area (Å²) < 4.78 is 7.58. The standard InChI is InChI=1S/C16H23N3O/c1-5-8-18-16(14-10-17-11-19(14)3)13-9-12(2)6-7-15(13)20-4/h6-7,9-11,16,18H,5,8H2,1-4H3. The Morgan fingerprint density at radius 1 is 1.40 bits per heavy atom. The van der Waals surface area contributed by atoms with Gasteiger partial charge in [0.1, 0.15) is 5.75 Å². The minimum absolute atomic E-state index is 0.0947. The zero-order valence-electron chi connectivity index (χ0n) is 12.7. The van der Waals surface area contributed by atoms with Crippen LogP contribution in [0.4, 0.5) is 0 Å². The molecule has 2 rings (SSSR count). The molecule has 0 saturated heterocycles. The molecule has 20 heavy (non-hydrogen) atoms. The van der Waals surface area contributed by atoms with Crippen molar-refractivity contribution in [3.05, 3.63) is 47.5 Å². The number of aryl methyl sites for hydroxylation is 2. The lowest BCUT2D eigenvalue weighted by molar-refractivity contribution is 0.402. The van der Waals surface area contributed by atoms with Gasteiger partial charge in [-0.3, -0.25) is 0 Å². The molecule has 0 radical (unpaired) electrons. The number of aromatic nitrogens is 2. The van der Waals surface area contributed by atoms with Crippen molar-refractivity contribution < 1.29 is 4.74 Å². The molecule has 108 valence electrons. The highest BCUT2D eigenvalue weighted by atomic mass is 16.5. The van der Waals surface area contributed by atoms with Gasteiger partial charge in [-0.15, -0.1) is 0 Å². The van der Waals surface area contributed by atoms with Gasteiger partial charge in [-0.2, -0.15) is 0 Å². The van der Waals surface area contributed by atoms with E-state index in [1.54, 1.807) is 7.11 Å². The lowest BCUT2D eigenvalue weighted by atomic mass is 10.0. The number of methoxy groups -OCH3 is 1. The molecule has 0 saturated carbocycles. The fourth-order valence-corrected chi connectivity index (χ4v) is 2.39. The second-order valence-corrected chi connectivity index (χ2v) is 5.06. The predicted molar refractivity (Wildman–Crippen MR) is 81.1 cm³/mol. The van der Waals surface area contributed by atoms with Crippen LogP contribution in [-0.4, -0.2) is 23.2 Å². The van der Waals surface area contributed by atoms with Crippen molar-refractivity contribution in [2.24, 2.45) is 7.05 Å². The van der Waals surface area contributed by atoms with Crippen molar-refractivity contribution in [3.8, 4) is 5.75 Å². The van der Waals surface area contributed by atoms with E-state index < -0.39 is 0 Å². The maximum Gasteiger partial charge on any atom is 0.124 e. The van der Waals surface area contributed by atoms with Crippen LogP contribution in [0.2, 0.25) is 0 Å². The van der Waals surface area contributed by atoms with Crippen LogP contribution >= 0.6 is 0 Å². The number of nitrogens with zero attached hydrogens (tertiary/aromatic N) is 2. The molecule has 4 heteroatoms. The molecule has 0 aliphatic rings. The molecule has 0 amide bonds. The second-order valence-electron chi connectivity index (χ2n) is 5.06. The van der Waals surface area contributed by atoms with Crippen LogP contribution in [-0.2, 0) is 7.05 Å². The van der Waals surface area contributed by atoms with E-state index in [-0.39, 0.29) is 6.04 Å². The first-order chi connectivity index (χ1) is 9.67. The first-order valence-electron chi connectivity index (χ1n) is 7.01. The van der Waals surface area contributed by atoms with Gasteiger partial charge in [0.15, 0.2) is 0 Å². The molecule has 0 fully saturated rings. The van der Waals surface area contributed by atoms with Crippen LogP contribution in [0.25, 0.3) is 0 Å². The topological polar surface area (TPSA) is 39.1 Å². The Labute approximate surface area is 120 Å². The van der Waals surface area contributed by atoms with Crippen molar-refractivity contribution in [3.63, 3.8) is 0 Å². The highest BCUT2D eigenvalue weighted by molar-refractivity contribution is 5.42. The number of hydrogen-bond acceptors (Lipinski definition) is 3. The number of rotatable bonds is 6. The smallest absolute Gasteiger partial charge is 0.124 e. The van der Waals surface area contributed by atoms with Crippen molar-refractivity contribution in [2.75, 3.05) is 13.7 Å². The van der Waals surface area contributed by atoms with Gasteiger partial charge < -0.3 is 14.6 Å². The SMILES string of the molecule is CCCNC(c1cc(C)ccc1OC)c1cncn1C. The van der Waals surface area contributed by atoms with E-state index >= 15 is 0 Å². The maximum absolute atomic E-state index is 5.53. The van der Waals surface area contributed by atoms with E-state index in [0.29, 0.717) is 0 Å². The minimum atomic E-state index is 0.0947. The summed E-state index contributed by atoms with van der Waals surface area (Å²) in [6, 6.07) is 6.38. The molecule has 0 bridgehead atoms. The Balaban J connectivity index is 2.46. The highest BCUT2D eigenvalue weighted by Crippen LogP contribution is 2.30. The van der Waals surface area contributed by atoms with Crippen molar-refractivity contribution in [2.45, 2.75) is 26.3 Å². The first kappa shape index (κ1) is 14.6. The Morgan fingerprint density at radius 3 is 2.80 bits per heavy atom. The fourth-order valence-electron chi connectivity index (χ4n) is 2.39. The van der Waals surface area contributed by atoms with Crippen LogP contribution in [0.1, 0.15) is 36.2 Å². The molecular formula is C16H23N3O. The zero-order chi connectivity index (χ0) is 14.5. The Morgan fingerprint density at radius 2 is 2.20 bits per heavy atom. The molecule has 1 N–H and O–H groups in total. The quantitative estimate of drug-likeness (QED) is 0.879. The Bertz CT molecular complexity index is 563. The molecule has 0 aliphatic carbocycles. The van der Waals surface area contributed by atoms with E-state index in [0.717, 1.165) is 30.0 Å². The third-order valence-electron chi connectivity index (χ3n) is 3.44. The molecule has 4 nitrogen and oxygen atoms in total. The molecule has 0 spiro atoms. The number of hydrogen-bond donors (Lipinski definition) is 1. The van der Waals surface area contributed by atoms with Gasteiger partial charge in [0.2, 0.25) is 0 Å². The van der Waals surface area contributed by atoms with Crippen molar-refractivity contribution in [1.29, 1.82) is 0 Å². The molecule has 2 aromatic rings. The fraction of sp³-hybridized carbons (Fsp3) is 0.438. The van der Waals surface area contributed by atoms with E-state index in [1.165, 1.54) is 5.56 Å². The predicted octanol–water partition coefficient (Wildman–Crippen LogP) is 2.83. The highest BCUT2D eigenvalue weighted by Gasteiger charge is 2.20. The molecular weight excluding hydrogens is 250 g/mol. The van der Waals surface area contributed by atoms with E-state index in [4.69, 9.17) is 4.74 Å². The largest absolute Gasteiger partial charge is 0.496 e. The lowest BCUT2D eigenvalue weighted by Crippen LogP contribution is -2.25. The number of ether oxygens (including phenoxy) is 1. The first-order valence-corrected chi connectivity index (χ1v) is 7.01. The molecule has 1 aromatic carbocycles. The van der Waals surface area contributed by atoms with Crippen LogP contribution in [0.3, 0.4) is 0 Å². The average molecular weight is 273 g/mol. The van der Waals surface area contributed by atoms with Crippen LogP contribution in [0, 0.1) is 6.92 Å². The second kappa shape index (κ2) is 6.57. The van der Waals surface area contributed by atoms with Crippen molar-refractivity contribution >= 4 is 0 Å². The Kier molecular flexibility index (Phi) is 4.79. The summed E-state index contributed by atoms with van der Waals surface area (Å²) in [5.74, 6) is 0.908.